The average Bonchev–Trinajstić information content (AvgIpc) is 2.29. The van der Waals surface area contributed by atoms with Crippen molar-refractivity contribution in [3.8, 4) is 0 Å². The molecule has 1 aliphatic rings. The SMILES string of the molecule is CC(C)=CCCC[C@@H](C)C=C1C(=O)NC(=O)NC1=O. The largest absolute Gasteiger partial charge is 0.328 e. The minimum absolute atomic E-state index is 0.0225. The van der Waals surface area contributed by atoms with Crippen LogP contribution in [0.1, 0.15) is 40.0 Å². The molecule has 1 aliphatic heterocycles. The first kappa shape index (κ1) is 15.1. The highest BCUT2D eigenvalue weighted by atomic mass is 16.2. The van der Waals surface area contributed by atoms with E-state index in [4.69, 9.17) is 0 Å². The summed E-state index contributed by atoms with van der Waals surface area (Å²) in [6.45, 7) is 6.06. The van der Waals surface area contributed by atoms with E-state index in [0.717, 1.165) is 19.3 Å². The molecule has 0 bridgehead atoms. The number of allylic oxidation sites excluding steroid dienone is 3. The van der Waals surface area contributed by atoms with Crippen molar-refractivity contribution in [3.63, 3.8) is 0 Å². The van der Waals surface area contributed by atoms with Gasteiger partial charge in [0, 0.05) is 0 Å². The fraction of sp³-hybridized carbons (Fsp3) is 0.500. The van der Waals surface area contributed by atoms with Crippen LogP contribution in [-0.2, 0) is 9.59 Å². The molecule has 0 aromatic heterocycles. The lowest BCUT2D eigenvalue weighted by Crippen LogP contribution is -2.51. The number of hydrogen-bond donors (Lipinski definition) is 2. The lowest BCUT2D eigenvalue weighted by atomic mass is 9.99. The van der Waals surface area contributed by atoms with Crippen molar-refractivity contribution < 1.29 is 14.4 Å². The van der Waals surface area contributed by atoms with Gasteiger partial charge in [-0.2, -0.15) is 0 Å². The highest BCUT2D eigenvalue weighted by Crippen LogP contribution is 2.14. The molecule has 4 amide bonds. The smallest absolute Gasteiger partial charge is 0.273 e. The van der Waals surface area contributed by atoms with Crippen LogP contribution in [0.25, 0.3) is 0 Å². The highest BCUT2D eigenvalue weighted by Gasteiger charge is 2.27. The molecular weight excluding hydrogens is 244 g/mol. The van der Waals surface area contributed by atoms with E-state index in [9.17, 15) is 14.4 Å². The molecule has 0 unspecified atom stereocenters. The lowest BCUT2D eigenvalue weighted by Gasteiger charge is -2.15. The summed E-state index contributed by atoms with van der Waals surface area (Å²) < 4.78 is 0. The van der Waals surface area contributed by atoms with Crippen LogP contribution in [-0.4, -0.2) is 17.8 Å². The third kappa shape index (κ3) is 5.07. The number of barbiturate groups is 1. The van der Waals surface area contributed by atoms with Crippen LogP contribution >= 0.6 is 0 Å². The molecule has 1 heterocycles. The van der Waals surface area contributed by atoms with Gasteiger partial charge in [-0.3, -0.25) is 20.2 Å². The van der Waals surface area contributed by atoms with E-state index in [-0.39, 0.29) is 11.5 Å². The first-order chi connectivity index (χ1) is 8.90. The maximum Gasteiger partial charge on any atom is 0.328 e. The van der Waals surface area contributed by atoms with E-state index in [2.05, 4.69) is 30.6 Å². The number of carbonyl (C=O) groups is 3. The van der Waals surface area contributed by atoms with Gasteiger partial charge in [-0.15, -0.1) is 0 Å². The van der Waals surface area contributed by atoms with Crippen molar-refractivity contribution in [2.45, 2.75) is 40.0 Å². The summed E-state index contributed by atoms with van der Waals surface area (Å²) in [4.78, 5) is 33.9. The maximum absolute atomic E-state index is 11.5. The predicted molar refractivity (Wildman–Crippen MR) is 72.2 cm³/mol. The first-order valence-corrected chi connectivity index (χ1v) is 6.42. The number of rotatable bonds is 5. The van der Waals surface area contributed by atoms with E-state index in [1.165, 1.54) is 5.57 Å². The molecule has 1 fully saturated rings. The standard InChI is InChI=1S/C14H20N2O3/c1-9(2)6-4-5-7-10(3)8-11-12(17)15-14(19)16-13(11)18/h6,8,10H,4-5,7H2,1-3H3,(H2,15,16,17,18,19)/t10-/m1/s1. The molecule has 0 radical (unpaired) electrons. The topological polar surface area (TPSA) is 75.3 Å². The number of carbonyl (C=O) groups excluding carboxylic acids is 3. The number of imide groups is 2. The predicted octanol–water partition coefficient (Wildman–Crippen LogP) is 2.05. The summed E-state index contributed by atoms with van der Waals surface area (Å²) in [6, 6.07) is -0.761. The molecular formula is C14H20N2O3. The van der Waals surface area contributed by atoms with E-state index in [1.54, 1.807) is 6.08 Å². The van der Waals surface area contributed by atoms with Crippen molar-refractivity contribution in [3.05, 3.63) is 23.3 Å². The Bertz CT molecular complexity index is 424. The number of hydrogen-bond acceptors (Lipinski definition) is 3. The average molecular weight is 264 g/mol. The molecule has 0 spiro atoms. The number of amides is 4. The minimum atomic E-state index is -0.761. The second-order valence-corrected chi connectivity index (χ2v) is 5.01. The molecule has 0 aliphatic carbocycles. The van der Waals surface area contributed by atoms with Crippen LogP contribution in [0.4, 0.5) is 4.79 Å². The zero-order valence-corrected chi connectivity index (χ0v) is 11.6. The molecule has 0 aromatic rings. The van der Waals surface area contributed by atoms with E-state index < -0.39 is 17.8 Å². The van der Waals surface area contributed by atoms with Crippen molar-refractivity contribution in [2.75, 3.05) is 0 Å². The van der Waals surface area contributed by atoms with Gasteiger partial charge in [0.15, 0.2) is 0 Å². The summed E-state index contributed by atoms with van der Waals surface area (Å²) in [7, 11) is 0. The van der Waals surface area contributed by atoms with Gasteiger partial charge in [0.2, 0.25) is 0 Å². The van der Waals surface area contributed by atoms with Crippen molar-refractivity contribution >= 4 is 17.8 Å². The first-order valence-electron chi connectivity index (χ1n) is 6.42. The highest BCUT2D eigenvalue weighted by molar-refractivity contribution is 6.28. The van der Waals surface area contributed by atoms with Crippen LogP contribution in [0, 0.1) is 5.92 Å². The quantitative estimate of drug-likeness (QED) is 0.345. The fourth-order valence-electron chi connectivity index (χ4n) is 1.83. The molecule has 1 atom stereocenters. The van der Waals surface area contributed by atoms with Gasteiger partial charge in [0.05, 0.1) is 0 Å². The molecule has 2 N–H and O–H groups in total. The zero-order valence-electron chi connectivity index (χ0n) is 11.6. The Labute approximate surface area is 113 Å². The van der Waals surface area contributed by atoms with Gasteiger partial charge in [-0.05, 0) is 39.0 Å². The summed E-state index contributed by atoms with van der Waals surface area (Å²) in [5.74, 6) is -1.12. The number of nitrogens with one attached hydrogen (secondary N) is 2. The van der Waals surface area contributed by atoms with Crippen LogP contribution in [0.15, 0.2) is 23.3 Å². The maximum atomic E-state index is 11.5. The second kappa shape index (κ2) is 6.87. The van der Waals surface area contributed by atoms with Crippen LogP contribution in [0.5, 0.6) is 0 Å². The van der Waals surface area contributed by atoms with Crippen molar-refractivity contribution in [2.24, 2.45) is 5.92 Å². The molecule has 0 saturated carbocycles. The van der Waals surface area contributed by atoms with Crippen LogP contribution in [0.2, 0.25) is 0 Å². The molecule has 1 rings (SSSR count). The fourth-order valence-corrected chi connectivity index (χ4v) is 1.83. The van der Waals surface area contributed by atoms with E-state index >= 15 is 0 Å². The Kier molecular flexibility index (Phi) is 5.48. The molecule has 19 heavy (non-hydrogen) atoms. The van der Waals surface area contributed by atoms with Gasteiger partial charge >= 0.3 is 6.03 Å². The number of urea groups is 1. The van der Waals surface area contributed by atoms with Gasteiger partial charge < -0.3 is 0 Å². The van der Waals surface area contributed by atoms with Crippen molar-refractivity contribution in [1.82, 2.24) is 10.6 Å². The van der Waals surface area contributed by atoms with E-state index in [0.29, 0.717) is 0 Å². The number of unbranched alkanes of at least 4 members (excludes halogenated alkanes) is 1. The molecule has 5 nitrogen and oxygen atoms in total. The second-order valence-electron chi connectivity index (χ2n) is 5.01. The molecule has 104 valence electrons. The Morgan fingerprint density at radius 1 is 1.16 bits per heavy atom. The normalized spacial score (nSPS) is 16.6. The molecule has 0 aromatic carbocycles. The van der Waals surface area contributed by atoms with Crippen molar-refractivity contribution in [1.29, 1.82) is 0 Å². The zero-order chi connectivity index (χ0) is 14.4. The Morgan fingerprint density at radius 2 is 1.74 bits per heavy atom. The minimum Gasteiger partial charge on any atom is -0.273 e. The van der Waals surface area contributed by atoms with Gasteiger partial charge in [0.25, 0.3) is 11.8 Å². The Balaban J connectivity index is 2.53. The summed E-state index contributed by atoms with van der Waals surface area (Å²) in [5, 5.41) is 4.12. The van der Waals surface area contributed by atoms with Gasteiger partial charge in [0.1, 0.15) is 5.57 Å². The molecule has 1 saturated heterocycles. The van der Waals surface area contributed by atoms with E-state index in [1.807, 2.05) is 6.92 Å². The summed E-state index contributed by atoms with van der Waals surface area (Å²) >= 11 is 0. The van der Waals surface area contributed by atoms with Crippen LogP contribution in [0.3, 0.4) is 0 Å². The van der Waals surface area contributed by atoms with Gasteiger partial charge in [-0.1, -0.05) is 24.6 Å². The summed E-state index contributed by atoms with van der Waals surface area (Å²) in [6.07, 6.45) is 6.67. The molecule has 5 heteroatoms. The van der Waals surface area contributed by atoms with Gasteiger partial charge in [-0.25, -0.2) is 4.79 Å². The summed E-state index contributed by atoms with van der Waals surface area (Å²) in [5.41, 5.74) is 1.31. The monoisotopic (exact) mass is 264 g/mol. The third-order valence-corrected chi connectivity index (χ3v) is 2.81. The Morgan fingerprint density at radius 3 is 2.26 bits per heavy atom. The Hall–Kier alpha value is -1.91. The van der Waals surface area contributed by atoms with Crippen LogP contribution < -0.4 is 10.6 Å². The third-order valence-electron chi connectivity index (χ3n) is 2.81. The lowest BCUT2D eigenvalue weighted by molar-refractivity contribution is -0.124.